The number of hydrogen-bond donors (Lipinski definition) is 4. The molecule has 7 nitrogen and oxygen atoms in total. The van der Waals surface area contributed by atoms with E-state index in [-0.39, 0.29) is 18.6 Å². The van der Waals surface area contributed by atoms with Crippen molar-refractivity contribution in [1.82, 2.24) is 14.5 Å². The lowest BCUT2D eigenvalue weighted by Gasteiger charge is -2.23. The zero-order valence-electron chi connectivity index (χ0n) is 10.7. The smallest absolute Gasteiger partial charge is 0.145 e. The molecule has 2 aromatic rings. The van der Waals surface area contributed by atoms with Gasteiger partial charge >= 0.3 is 0 Å². The quantitative estimate of drug-likeness (QED) is 0.575. The van der Waals surface area contributed by atoms with Crippen molar-refractivity contribution in [2.45, 2.75) is 24.7 Å². The first-order valence-electron chi connectivity index (χ1n) is 6.64. The van der Waals surface area contributed by atoms with Crippen LogP contribution in [0.15, 0.2) is 18.6 Å². The van der Waals surface area contributed by atoms with Crippen LogP contribution in [0.5, 0.6) is 0 Å². The zero-order chi connectivity index (χ0) is 14.1. The van der Waals surface area contributed by atoms with E-state index < -0.39 is 17.6 Å². The van der Waals surface area contributed by atoms with Gasteiger partial charge < -0.3 is 25.6 Å². The molecule has 5 N–H and O–H groups in total. The highest BCUT2D eigenvalue weighted by atomic mass is 16.3. The molecule has 2 saturated carbocycles. The number of nitrogens with zero attached hydrogens (tertiary/aromatic N) is 3. The Balaban J connectivity index is 1.83. The molecule has 0 radical (unpaired) electrons. The average molecular weight is 276 g/mol. The summed E-state index contributed by atoms with van der Waals surface area (Å²) in [6, 6.07) is 1.52. The summed E-state index contributed by atoms with van der Waals surface area (Å²) in [5, 5.41) is 30.7. The second-order valence-corrected chi connectivity index (χ2v) is 5.85. The number of rotatable bonds is 2. The van der Waals surface area contributed by atoms with Gasteiger partial charge in [-0.1, -0.05) is 0 Å². The Morgan fingerprint density at radius 1 is 1.40 bits per heavy atom. The highest BCUT2D eigenvalue weighted by molar-refractivity contribution is 5.86. The van der Waals surface area contributed by atoms with Gasteiger partial charge in [-0.3, -0.25) is 0 Å². The second-order valence-electron chi connectivity index (χ2n) is 5.85. The molecule has 106 valence electrons. The molecule has 0 amide bonds. The van der Waals surface area contributed by atoms with Crippen molar-refractivity contribution in [3.05, 3.63) is 18.6 Å². The topological polar surface area (TPSA) is 117 Å². The molecule has 5 atom stereocenters. The minimum atomic E-state index is -0.910. The van der Waals surface area contributed by atoms with Gasteiger partial charge in [-0.15, -0.1) is 0 Å². The van der Waals surface area contributed by atoms with E-state index in [4.69, 9.17) is 5.73 Å². The summed E-state index contributed by atoms with van der Waals surface area (Å²) in [7, 11) is 0. The fraction of sp³-hybridized carbons (Fsp3) is 0.538. The number of nitrogen functional groups attached to an aromatic ring is 1. The average Bonchev–Trinajstić information content (AvgIpc) is 2.95. The third-order valence-electron chi connectivity index (χ3n) is 5.01. The lowest BCUT2D eigenvalue weighted by molar-refractivity contribution is -0.0300. The molecule has 7 heteroatoms. The van der Waals surface area contributed by atoms with Crippen LogP contribution in [-0.2, 0) is 0 Å². The second kappa shape index (κ2) is 3.69. The Labute approximate surface area is 114 Å². The van der Waals surface area contributed by atoms with E-state index >= 15 is 0 Å². The third kappa shape index (κ3) is 1.25. The van der Waals surface area contributed by atoms with E-state index in [2.05, 4.69) is 9.97 Å². The molecular formula is C13H16N4O3. The minimum Gasteiger partial charge on any atom is -0.396 e. The van der Waals surface area contributed by atoms with Gasteiger partial charge in [0.05, 0.1) is 24.1 Å². The number of hydrogen-bond acceptors (Lipinski definition) is 6. The van der Waals surface area contributed by atoms with Crippen LogP contribution in [0.4, 0.5) is 5.82 Å². The summed E-state index contributed by atoms with van der Waals surface area (Å²) >= 11 is 0. The highest BCUT2D eigenvalue weighted by Gasteiger charge is 2.71. The lowest BCUT2D eigenvalue weighted by Crippen LogP contribution is -2.35. The molecule has 2 aliphatic carbocycles. The predicted octanol–water partition coefficient (Wildman–Crippen LogP) is -0.711. The Bertz CT molecular complexity index is 687. The molecule has 0 bridgehead atoms. The van der Waals surface area contributed by atoms with E-state index in [1.165, 1.54) is 6.33 Å². The molecular weight excluding hydrogens is 260 g/mol. The highest BCUT2D eigenvalue weighted by Crippen LogP contribution is 2.67. The van der Waals surface area contributed by atoms with Crippen molar-refractivity contribution in [3.8, 4) is 0 Å². The summed E-state index contributed by atoms with van der Waals surface area (Å²) in [5.74, 6) is 0.454. The van der Waals surface area contributed by atoms with Crippen LogP contribution in [0.1, 0.15) is 12.5 Å². The normalized spacial score (nSPS) is 39.1. The Hall–Kier alpha value is -1.70. The Kier molecular flexibility index (Phi) is 2.23. The van der Waals surface area contributed by atoms with Gasteiger partial charge in [0.2, 0.25) is 0 Å². The molecule has 2 aliphatic rings. The number of nitrogens with two attached hydrogens (primary N) is 1. The molecule has 2 aromatic heterocycles. The van der Waals surface area contributed by atoms with Gasteiger partial charge in [0.25, 0.3) is 0 Å². The molecule has 0 spiro atoms. The van der Waals surface area contributed by atoms with Gasteiger partial charge in [-0.05, 0) is 18.4 Å². The summed E-state index contributed by atoms with van der Waals surface area (Å²) in [4.78, 5) is 8.17. The molecule has 0 aromatic carbocycles. The van der Waals surface area contributed by atoms with E-state index in [1.807, 2.05) is 16.8 Å². The minimum absolute atomic E-state index is 0.0595. The van der Waals surface area contributed by atoms with Crippen LogP contribution in [0.3, 0.4) is 0 Å². The fourth-order valence-corrected chi connectivity index (χ4v) is 3.78. The van der Waals surface area contributed by atoms with Gasteiger partial charge in [-0.25, -0.2) is 9.97 Å². The molecule has 20 heavy (non-hydrogen) atoms. The Morgan fingerprint density at radius 2 is 2.20 bits per heavy atom. The van der Waals surface area contributed by atoms with Crippen molar-refractivity contribution < 1.29 is 15.3 Å². The van der Waals surface area contributed by atoms with Crippen molar-refractivity contribution in [1.29, 1.82) is 0 Å². The van der Waals surface area contributed by atoms with Crippen LogP contribution in [0.2, 0.25) is 0 Å². The Morgan fingerprint density at radius 3 is 2.90 bits per heavy atom. The SMILES string of the molecule is Nc1ncnc2c1ccn2C1[C@H]2C[C@@]2(CO)[C@@H](O)[C@H]1O. The first-order chi connectivity index (χ1) is 9.60. The largest absolute Gasteiger partial charge is 0.396 e. The van der Waals surface area contributed by atoms with Gasteiger partial charge in [0, 0.05) is 11.6 Å². The van der Waals surface area contributed by atoms with E-state index in [0.29, 0.717) is 17.9 Å². The van der Waals surface area contributed by atoms with E-state index in [9.17, 15) is 15.3 Å². The predicted molar refractivity (Wildman–Crippen MR) is 70.6 cm³/mol. The molecule has 2 fully saturated rings. The zero-order valence-corrected chi connectivity index (χ0v) is 10.7. The first-order valence-corrected chi connectivity index (χ1v) is 6.64. The third-order valence-corrected chi connectivity index (χ3v) is 5.01. The van der Waals surface area contributed by atoms with E-state index in [0.717, 1.165) is 5.39 Å². The number of fused-ring (bicyclic) bond motifs is 2. The first kappa shape index (κ1) is 12.1. The van der Waals surface area contributed by atoms with Crippen LogP contribution >= 0.6 is 0 Å². The molecule has 1 unspecified atom stereocenters. The number of anilines is 1. The fourth-order valence-electron chi connectivity index (χ4n) is 3.78. The maximum absolute atomic E-state index is 10.3. The number of aromatic nitrogens is 3. The summed E-state index contributed by atoms with van der Waals surface area (Å²) in [6.07, 6.45) is 2.10. The summed E-state index contributed by atoms with van der Waals surface area (Å²) in [6.45, 7) is -0.108. The van der Waals surface area contributed by atoms with E-state index in [1.54, 1.807) is 0 Å². The van der Waals surface area contributed by atoms with Crippen LogP contribution in [0, 0.1) is 11.3 Å². The van der Waals surface area contributed by atoms with Gasteiger partial charge in [0.1, 0.15) is 23.9 Å². The van der Waals surface area contributed by atoms with Crippen molar-refractivity contribution in [2.75, 3.05) is 12.3 Å². The van der Waals surface area contributed by atoms with Crippen LogP contribution < -0.4 is 5.73 Å². The maximum Gasteiger partial charge on any atom is 0.145 e. The summed E-state index contributed by atoms with van der Waals surface area (Å²) < 4.78 is 1.84. The van der Waals surface area contributed by atoms with Crippen molar-refractivity contribution >= 4 is 16.9 Å². The van der Waals surface area contributed by atoms with Crippen molar-refractivity contribution in [2.24, 2.45) is 11.3 Å². The lowest BCUT2D eigenvalue weighted by atomic mass is 10.0. The van der Waals surface area contributed by atoms with Crippen LogP contribution in [-0.4, -0.2) is 48.7 Å². The monoisotopic (exact) mass is 276 g/mol. The molecule has 0 aliphatic heterocycles. The van der Waals surface area contributed by atoms with Gasteiger partial charge in [-0.2, -0.15) is 0 Å². The standard InChI is InChI=1S/C13H16N4O3/c14-11-6-1-2-17(12(6)16-5-15-11)8-7-3-13(7,4-18)10(20)9(8)19/h1-2,5,7-10,18-20H,3-4H2,(H2,14,15,16)/t7-,8?,9+,10+,13+/m1/s1. The molecule has 4 rings (SSSR count). The maximum atomic E-state index is 10.3. The van der Waals surface area contributed by atoms with Gasteiger partial charge in [0.15, 0.2) is 0 Å². The summed E-state index contributed by atoms with van der Waals surface area (Å²) in [5.41, 5.74) is 5.90. The van der Waals surface area contributed by atoms with Crippen molar-refractivity contribution in [3.63, 3.8) is 0 Å². The molecule has 2 heterocycles. The number of aliphatic hydroxyl groups is 3. The number of aliphatic hydroxyl groups excluding tert-OH is 3. The molecule has 0 saturated heterocycles. The van der Waals surface area contributed by atoms with Crippen LogP contribution in [0.25, 0.3) is 11.0 Å².